The molecule has 2 amide bonds. The lowest BCUT2D eigenvalue weighted by atomic mass is 10.2. The van der Waals surface area contributed by atoms with E-state index < -0.39 is 10.0 Å². The molecule has 0 unspecified atom stereocenters. The molecule has 10 heteroatoms. The van der Waals surface area contributed by atoms with Gasteiger partial charge >= 0.3 is 6.09 Å². The lowest BCUT2D eigenvalue weighted by molar-refractivity contribution is -0.117. The van der Waals surface area contributed by atoms with Gasteiger partial charge in [-0.15, -0.1) is 0 Å². The van der Waals surface area contributed by atoms with Crippen molar-refractivity contribution in [1.82, 2.24) is 14.1 Å². The molecule has 2 aliphatic rings. The molecule has 1 N–H and O–H groups in total. The van der Waals surface area contributed by atoms with Crippen LogP contribution in [0.2, 0.25) is 0 Å². The van der Waals surface area contributed by atoms with Gasteiger partial charge in [-0.1, -0.05) is 26.3 Å². The Balaban J connectivity index is 1.57. The quantitative estimate of drug-likeness (QED) is 0.626. The Morgan fingerprint density at radius 3 is 2.44 bits per heavy atom. The van der Waals surface area contributed by atoms with Crippen LogP contribution in [0.15, 0.2) is 23.1 Å². The molecule has 0 aromatic heterocycles. The Bertz CT molecular complexity index is 960. The summed E-state index contributed by atoms with van der Waals surface area (Å²) in [5, 5.41) is 2.89. The average molecular weight is 495 g/mol. The number of anilines is 1. The summed E-state index contributed by atoms with van der Waals surface area (Å²) in [4.78, 5) is 28.9. The molecule has 2 heterocycles. The third kappa shape index (κ3) is 7.16. The van der Waals surface area contributed by atoms with Crippen molar-refractivity contribution in [2.24, 2.45) is 5.92 Å². The van der Waals surface area contributed by atoms with Gasteiger partial charge in [0.05, 0.1) is 18.0 Å². The van der Waals surface area contributed by atoms with Gasteiger partial charge in [0.15, 0.2) is 0 Å². The van der Waals surface area contributed by atoms with Crippen LogP contribution in [0.3, 0.4) is 0 Å². The molecule has 2 fully saturated rings. The number of nitrogens with zero attached hydrogens (tertiary/aromatic N) is 3. The highest BCUT2D eigenvalue weighted by Crippen LogP contribution is 2.25. The van der Waals surface area contributed by atoms with E-state index in [-0.39, 0.29) is 29.4 Å². The number of carbonyl (C=O) groups is 2. The zero-order valence-electron chi connectivity index (χ0n) is 20.6. The predicted octanol–water partition coefficient (Wildman–Crippen LogP) is 2.91. The number of rotatable bonds is 7. The zero-order chi connectivity index (χ0) is 24.7. The Kier molecular flexibility index (Phi) is 9.32. The van der Waals surface area contributed by atoms with E-state index in [9.17, 15) is 18.0 Å². The van der Waals surface area contributed by atoms with Gasteiger partial charge in [-0.25, -0.2) is 13.2 Å². The summed E-state index contributed by atoms with van der Waals surface area (Å²) < 4.78 is 32.9. The molecule has 0 aliphatic carbocycles. The maximum atomic E-state index is 13.0. The highest BCUT2D eigenvalue weighted by Gasteiger charge is 2.27. The molecule has 2 saturated heterocycles. The summed E-state index contributed by atoms with van der Waals surface area (Å²) in [5.74, 6) is 0.0828. The second-order valence-electron chi connectivity index (χ2n) is 9.58. The van der Waals surface area contributed by atoms with Crippen LogP contribution < -0.4 is 5.32 Å². The second-order valence-corrected chi connectivity index (χ2v) is 11.5. The fourth-order valence-corrected chi connectivity index (χ4v) is 5.73. The number of sulfonamides is 1. The summed E-state index contributed by atoms with van der Waals surface area (Å²) in [6, 6.07) is 4.90. The average Bonchev–Trinajstić information content (AvgIpc) is 3.05. The largest absolute Gasteiger partial charge is 0.449 e. The molecule has 1 aromatic carbocycles. The Hall–Kier alpha value is -2.17. The second kappa shape index (κ2) is 12.0. The van der Waals surface area contributed by atoms with Crippen LogP contribution in [0, 0.1) is 12.8 Å². The van der Waals surface area contributed by atoms with Gasteiger partial charge in [-0.2, -0.15) is 4.31 Å². The summed E-state index contributed by atoms with van der Waals surface area (Å²) in [7, 11) is -3.57. The number of ether oxygens (including phenoxy) is 1. The first-order valence-electron chi connectivity index (χ1n) is 12.2. The highest BCUT2D eigenvalue weighted by atomic mass is 32.2. The highest BCUT2D eigenvalue weighted by molar-refractivity contribution is 7.89. The van der Waals surface area contributed by atoms with E-state index in [1.807, 2.05) is 25.7 Å². The van der Waals surface area contributed by atoms with E-state index in [4.69, 9.17) is 4.74 Å². The molecular weight excluding hydrogens is 456 g/mol. The molecular formula is C24H38N4O5S. The normalized spacial score (nSPS) is 18.5. The molecule has 34 heavy (non-hydrogen) atoms. The van der Waals surface area contributed by atoms with Crippen LogP contribution in [-0.4, -0.2) is 86.9 Å². The first-order valence-corrected chi connectivity index (χ1v) is 13.7. The van der Waals surface area contributed by atoms with Gasteiger partial charge in [0.25, 0.3) is 0 Å². The summed E-state index contributed by atoms with van der Waals surface area (Å²) in [5.41, 5.74) is 1.32. The fourth-order valence-electron chi connectivity index (χ4n) is 4.18. The topological polar surface area (TPSA) is 99.3 Å². The number of benzene rings is 1. The smallest absolute Gasteiger partial charge is 0.409 e. The minimum absolute atomic E-state index is 0.178. The number of nitrogens with one attached hydrogen (secondary N) is 1. The van der Waals surface area contributed by atoms with Gasteiger partial charge in [0.1, 0.15) is 0 Å². The van der Waals surface area contributed by atoms with E-state index in [0.29, 0.717) is 51.6 Å². The number of amides is 2. The molecule has 0 bridgehead atoms. The minimum atomic E-state index is -3.57. The van der Waals surface area contributed by atoms with Crippen molar-refractivity contribution in [2.45, 2.75) is 51.3 Å². The van der Waals surface area contributed by atoms with Crippen LogP contribution in [0.4, 0.5) is 10.5 Å². The molecule has 0 spiro atoms. The van der Waals surface area contributed by atoms with Crippen molar-refractivity contribution in [3.8, 4) is 0 Å². The van der Waals surface area contributed by atoms with E-state index in [0.717, 1.165) is 31.2 Å². The molecule has 2 aliphatic heterocycles. The van der Waals surface area contributed by atoms with Crippen molar-refractivity contribution in [1.29, 1.82) is 0 Å². The third-order valence-corrected chi connectivity index (χ3v) is 8.08. The van der Waals surface area contributed by atoms with E-state index in [1.165, 1.54) is 4.31 Å². The Labute approximate surface area is 203 Å². The van der Waals surface area contributed by atoms with Crippen molar-refractivity contribution in [2.75, 3.05) is 57.7 Å². The third-order valence-electron chi connectivity index (χ3n) is 6.19. The maximum absolute atomic E-state index is 13.0. The molecule has 9 nitrogen and oxygen atoms in total. The zero-order valence-corrected chi connectivity index (χ0v) is 21.4. The predicted molar refractivity (Wildman–Crippen MR) is 131 cm³/mol. The van der Waals surface area contributed by atoms with Crippen LogP contribution in [0.25, 0.3) is 0 Å². The summed E-state index contributed by atoms with van der Waals surface area (Å²) in [6.45, 7) is 9.87. The lowest BCUT2D eigenvalue weighted by Crippen LogP contribution is -2.38. The van der Waals surface area contributed by atoms with Gasteiger partial charge in [0, 0.05) is 45.0 Å². The first-order chi connectivity index (χ1) is 16.2. The van der Waals surface area contributed by atoms with Crippen molar-refractivity contribution in [3.05, 3.63) is 23.8 Å². The van der Waals surface area contributed by atoms with Gasteiger partial charge < -0.3 is 15.0 Å². The molecule has 0 radical (unpaired) electrons. The van der Waals surface area contributed by atoms with Crippen molar-refractivity contribution in [3.63, 3.8) is 0 Å². The van der Waals surface area contributed by atoms with E-state index in [2.05, 4.69) is 5.32 Å². The molecule has 190 valence electrons. The monoisotopic (exact) mass is 494 g/mol. The first kappa shape index (κ1) is 26.4. The number of carbonyl (C=O) groups excluding carboxylic acids is 2. The standard InChI is InChI=1S/C24H38N4O5S/c1-19(2)18-33-24(30)27-11-7-10-26(14-15-27)17-23(29)25-22-16-21(9-8-20(22)3)34(31,32)28-12-5-4-6-13-28/h8-9,16,19H,4-7,10-15,17-18H2,1-3H3,(H,25,29). The van der Waals surface area contributed by atoms with E-state index in [1.54, 1.807) is 23.1 Å². The van der Waals surface area contributed by atoms with E-state index >= 15 is 0 Å². The van der Waals surface area contributed by atoms with Crippen LogP contribution >= 0.6 is 0 Å². The molecule has 1 aromatic rings. The fraction of sp³-hybridized carbons (Fsp3) is 0.667. The van der Waals surface area contributed by atoms with Gasteiger partial charge in [0.2, 0.25) is 15.9 Å². The molecule has 0 saturated carbocycles. The number of hydrogen-bond acceptors (Lipinski definition) is 6. The Morgan fingerprint density at radius 2 is 1.74 bits per heavy atom. The van der Waals surface area contributed by atoms with Crippen molar-refractivity contribution < 1.29 is 22.7 Å². The van der Waals surface area contributed by atoms with Crippen LogP contribution in [-0.2, 0) is 19.6 Å². The minimum Gasteiger partial charge on any atom is -0.449 e. The van der Waals surface area contributed by atoms with Gasteiger partial charge in [-0.3, -0.25) is 9.69 Å². The maximum Gasteiger partial charge on any atom is 0.409 e. The van der Waals surface area contributed by atoms with Gasteiger partial charge in [-0.05, 0) is 49.8 Å². The van der Waals surface area contributed by atoms with Crippen LogP contribution in [0.5, 0.6) is 0 Å². The number of piperidine rings is 1. The van der Waals surface area contributed by atoms with Crippen LogP contribution in [0.1, 0.15) is 45.1 Å². The molecule has 3 rings (SSSR count). The Morgan fingerprint density at radius 1 is 1.00 bits per heavy atom. The number of aryl methyl sites for hydroxylation is 1. The number of hydrogen-bond donors (Lipinski definition) is 1. The lowest BCUT2D eigenvalue weighted by Gasteiger charge is -2.26. The summed E-state index contributed by atoms with van der Waals surface area (Å²) >= 11 is 0. The SMILES string of the molecule is Cc1ccc(S(=O)(=O)N2CCCCC2)cc1NC(=O)CN1CCCN(C(=O)OCC(C)C)CC1. The summed E-state index contributed by atoms with van der Waals surface area (Å²) in [6.07, 6.45) is 3.25. The van der Waals surface area contributed by atoms with Crippen molar-refractivity contribution >= 4 is 27.7 Å². The molecule has 0 atom stereocenters.